The summed E-state index contributed by atoms with van der Waals surface area (Å²) in [6.07, 6.45) is 3.36. The number of hydrogen-bond acceptors (Lipinski definition) is 5. The van der Waals surface area contributed by atoms with Crippen molar-refractivity contribution in [1.29, 1.82) is 0 Å². The van der Waals surface area contributed by atoms with Gasteiger partial charge in [-0.3, -0.25) is 9.80 Å². The van der Waals surface area contributed by atoms with Crippen molar-refractivity contribution < 1.29 is 9.84 Å². The van der Waals surface area contributed by atoms with E-state index in [1.54, 1.807) is 0 Å². The van der Waals surface area contributed by atoms with Crippen LogP contribution in [-0.4, -0.2) is 77.3 Å². The number of hydrogen-bond donors (Lipinski definition) is 1. The number of piperidine rings is 1. The number of piperazine rings is 1. The molecule has 1 atom stereocenters. The summed E-state index contributed by atoms with van der Waals surface area (Å²) in [6.45, 7) is 12.0. The molecule has 0 radical (unpaired) electrons. The van der Waals surface area contributed by atoms with Gasteiger partial charge in [0.1, 0.15) is 12.4 Å². The number of likely N-dealkylation sites (tertiary alicyclic amines) is 1. The Balaban J connectivity index is 1.31. The van der Waals surface area contributed by atoms with Crippen molar-refractivity contribution in [3.8, 4) is 5.75 Å². The van der Waals surface area contributed by atoms with E-state index in [9.17, 15) is 5.11 Å². The summed E-state index contributed by atoms with van der Waals surface area (Å²) < 4.78 is 6.04. The second-order valence-electron chi connectivity index (χ2n) is 9.92. The normalized spacial score (nSPS) is 21.5. The van der Waals surface area contributed by atoms with E-state index in [-0.39, 0.29) is 6.61 Å². The zero-order valence-electron chi connectivity index (χ0n) is 20.4. The van der Waals surface area contributed by atoms with E-state index in [1.165, 1.54) is 37.1 Å². The monoisotopic (exact) mass is 451 g/mol. The van der Waals surface area contributed by atoms with Crippen LogP contribution in [0.25, 0.3) is 0 Å². The van der Waals surface area contributed by atoms with E-state index in [0.717, 1.165) is 38.3 Å². The first kappa shape index (κ1) is 24.2. The third-order valence-electron chi connectivity index (χ3n) is 7.33. The zero-order chi connectivity index (χ0) is 23.0. The Hall–Kier alpha value is -1.92. The molecular formula is C28H41N3O2. The number of aliphatic hydroxyl groups is 1. The number of benzene rings is 2. The van der Waals surface area contributed by atoms with E-state index in [2.05, 4.69) is 58.9 Å². The average Bonchev–Trinajstić information content (AvgIpc) is 2.84. The van der Waals surface area contributed by atoms with Crippen LogP contribution in [0.15, 0.2) is 54.6 Å². The Kier molecular flexibility index (Phi) is 8.79. The molecule has 180 valence electrons. The lowest BCUT2D eigenvalue weighted by molar-refractivity contribution is -0.0000426. The Morgan fingerprint density at radius 1 is 0.939 bits per heavy atom. The SMILES string of the molecule is CC(C)N1CCC(N2CCN(Cc3cccc(OCc4ccccc4)c3)C[C@H]2CCO)CC1. The van der Waals surface area contributed by atoms with Gasteiger partial charge in [-0.05, 0) is 69.5 Å². The quantitative estimate of drug-likeness (QED) is 0.624. The summed E-state index contributed by atoms with van der Waals surface area (Å²) in [5, 5.41) is 9.74. The third kappa shape index (κ3) is 6.80. The fourth-order valence-corrected chi connectivity index (χ4v) is 5.43. The summed E-state index contributed by atoms with van der Waals surface area (Å²) in [4.78, 5) is 7.86. The second kappa shape index (κ2) is 12.0. The highest BCUT2D eigenvalue weighted by Crippen LogP contribution is 2.25. The molecule has 0 bridgehead atoms. The predicted octanol–water partition coefficient (Wildman–Crippen LogP) is 4.01. The standard InChI is InChI=1S/C28H41N3O2/c1-23(2)30-14-11-26(12-15-30)31-17-16-29(21-27(31)13-18-32)20-25-9-6-10-28(19-25)33-22-24-7-4-3-5-8-24/h3-10,19,23,26-27,32H,11-18,20-22H2,1-2H3/t27-/m1/s1. The lowest BCUT2D eigenvalue weighted by Crippen LogP contribution is -2.58. The van der Waals surface area contributed by atoms with E-state index in [1.807, 2.05) is 24.3 Å². The van der Waals surface area contributed by atoms with E-state index >= 15 is 0 Å². The topological polar surface area (TPSA) is 39.2 Å². The van der Waals surface area contributed by atoms with Gasteiger partial charge in [0.05, 0.1) is 0 Å². The van der Waals surface area contributed by atoms with E-state index in [0.29, 0.717) is 24.7 Å². The van der Waals surface area contributed by atoms with Crippen molar-refractivity contribution in [2.75, 3.05) is 39.3 Å². The van der Waals surface area contributed by atoms with E-state index < -0.39 is 0 Å². The average molecular weight is 452 g/mol. The van der Waals surface area contributed by atoms with Gasteiger partial charge in [-0.2, -0.15) is 0 Å². The molecule has 2 aromatic rings. The van der Waals surface area contributed by atoms with Gasteiger partial charge in [0, 0.05) is 50.9 Å². The van der Waals surface area contributed by atoms with Gasteiger partial charge in [-0.25, -0.2) is 0 Å². The first-order chi connectivity index (χ1) is 16.1. The minimum absolute atomic E-state index is 0.267. The highest BCUT2D eigenvalue weighted by atomic mass is 16.5. The lowest BCUT2D eigenvalue weighted by Gasteiger charge is -2.48. The molecule has 1 N–H and O–H groups in total. The highest BCUT2D eigenvalue weighted by Gasteiger charge is 2.33. The Morgan fingerprint density at radius 2 is 1.70 bits per heavy atom. The van der Waals surface area contributed by atoms with Crippen LogP contribution in [0.3, 0.4) is 0 Å². The minimum Gasteiger partial charge on any atom is -0.489 e. The minimum atomic E-state index is 0.267. The van der Waals surface area contributed by atoms with Crippen LogP contribution < -0.4 is 4.74 Å². The van der Waals surface area contributed by atoms with Crippen LogP contribution in [0.5, 0.6) is 5.75 Å². The summed E-state index contributed by atoms with van der Waals surface area (Å²) in [5.74, 6) is 0.929. The van der Waals surface area contributed by atoms with Crippen LogP contribution in [0.4, 0.5) is 0 Å². The van der Waals surface area contributed by atoms with Crippen molar-refractivity contribution in [1.82, 2.24) is 14.7 Å². The van der Waals surface area contributed by atoms with E-state index in [4.69, 9.17) is 4.74 Å². The van der Waals surface area contributed by atoms with Crippen molar-refractivity contribution in [3.05, 3.63) is 65.7 Å². The van der Waals surface area contributed by atoms with Gasteiger partial charge >= 0.3 is 0 Å². The first-order valence-corrected chi connectivity index (χ1v) is 12.7. The van der Waals surface area contributed by atoms with Crippen LogP contribution in [0.2, 0.25) is 0 Å². The molecule has 5 nitrogen and oxygen atoms in total. The maximum Gasteiger partial charge on any atom is 0.120 e. The molecular weight excluding hydrogens is 410 g/mol. The fourth-order valence-electron chi connectivity index (χ4n) is 5.43. The predicted molar refractivity (Wildman–Crippen MR) is 134 cm³/mol. The molecule has 2 aliphatic rings. The van der Waals surface area contributed by atoms with Crippen LogP contribution in [0, 0.1) is 0 Å². The highest BCUT2D eigenvalue weighted by molar-refractivity contribution is 5.29. The Labute approximate surface area is 200 Å². The number of ether oxygens (including phenoxy) is 1. The van der Waals surface area contributed by atoms with Gasteiger partial charge in [0.25, 0.3) is 0 Å². The van der Waals surface area contributed by atoms with Crippen LogP contribution in [-0.2, 0) is 13.2 Å². The van der Waals surface area contributed by atoms with Crippen LogP contribution >= 0.6 is 0 Å². The lowest BCUT2D eigenvalue weighted by atomic mass is 9.97. The van der Waals surface area contributed by atoms with Crippen molar-refractivity contribution in [2.24, 2.45) is 0 Å². The summed E-state index contributed by atoms with van der Waals surface area (Å²) in [5.41, 5.74) is 2.48. The van der Waals surface area contributed by atoms with Gasteiger partial charge in [0.2, 0.25) is 0 Å². The maximum atomic E-state index is 9.74. The van der Waals surface area contributed by atoms with Crippen molar-refractivity contribution in [3.63, 3.8) is 0 Å². The molecule has 5 heteroatoms. The Morgan fingerprint density at radius 3 is 2.42 bits per heavy atom. The molecule has 2 aliphatic heterocycles. The Bertz CT molecular complexity index is 836. The van der Waals surface area contributed by atoms with Crippen LogP contribution in [0.1, 0.15) is 44.2 Å². The molecule has 0 saturated carbocycles. The number of aliphatic hydroxyl groups excluding tert-OH is 1. The maximum absolute atomic E-state index is 9.74. The summed E-state index contributed by atoms with van der Waals surface area (Å²) in [6, 6.07) is 20.6. The molecule has 2 aromatic carbocycles. The second-order valence-corrected chi connectivity index (χ2v) is 9.92. The molecule has 2 heterocycles. The summed E-state index contributed by atoms with van der Waals surface area (Å²) in [7, 11) is 0. The molecule has 0 aromatic heterocycles. The zero-order valence-corrected chi connectivity index (χ0v) is 20.4. The largest absolute Gasteiger partial charge is 0.489 e. The molecule has 0 amide bonds. The number of rotatable bonds is 9. The fraction of sp³-hybridized carbons (Fsp3) is 0.571. The molecule has 33 heavy (non-hydrogen) atoms. The first-order valence-electron chi connectivity index (χ1n) is 12.7. The molecule has 4 rings (SSSR count). The molecule has 2 saturated heterocycles. The summed E-state index contributed by atoms with van der Waals surface area (Å²) >= 11 is 0. The molecule has 0 aliphatic carbocycles. The third-order valence-corrected chi connectivity index (χ3v) is 7.33. The molecule has 2 fully saturated rings. The van der Waals surface area contributed by atoms with Gasteiger partial charge < -0.3 is 14.7 Å². The number of nitrogens with zero attached hydrogens (tertiary/aromatic N) is 3. The van der Waals surface area contributed by atoms with Gasteiger partial charge in [0.15, 0.2) is 0 Å². The smallest absolute Gasteiger partial charge is 0.120 e. The molecule has 0 unspecified atom stereocenters. The van der Waals surface area contributed by atoms with Crippen molar-refractivity contribution in [2.45, 2.75) is 64.4 Å². The van der Waals surface area contributed by atoms with Gasteiger partial charge in [-0.1, -0.05) is 42.5 Å². The van der Waals surface area contributed by atoms with Crippen molar-refractivity contribution >= 4 is 0 Å². The molecule has 0 spiro atoms. The van der Waals surface area contributed by atoms with Gasteiger partial charge in [-0.15, -0.1) is 0 Å².